The normalized spacial score (nSPS) is 18.5. The summed E-state index contributed by atoms with van der Waals surface area (Å²) < 4.78 is 5.33. The fraction of sp³-hybridized carbons (Fsp3) is 0.500. The second kappa shape index (κ2) is 8.15. The van der Waals surface area contributed by atoms with Gasteiger partial charge in [0, 0.05) is 24.7 Å². The van der Waals surface area contributed by atoms with Gasteiger partial charge in [0.05, 0.1) is 13.2 Å². The largest absolute Gasteiger partial charge is 0.378 e. The first-order valence-electron chi connectivity index (χ1n) is 6.48. The van der Waals surface area contributed by atoms with E-state index >= 15 is 0 Å². The molecule has 1 aromatic carbocycles. The van der Waals surface area contributed by atoms with E-state index < -0.39 is 0 Å². The number of carbonyl (C=O) groups excluding carboxylic acids is 1. The Bertz CT molecular complexity index is 406. The molecule has 0 aliphatic carbocycles. The highest BCUT2D eigenvalue weighted by Crippen LogP contribution is 2.12. The lowest BCUT2D eigenvalue weighted by Gasteiger charge is -2.23. The zero-order valence-corrected chi connectivity index (χ0v) is 12.0. The average Bonchev–Trinajstić information content (AvgIpc) is 2.40. The van der Waals surface area contributed by atoms with Crippen LogP contribution in [0.25, 0.3) is 0 Å². The van der Waals surface area contributed by atoms with Crippen molar-refractivity contribution in [1.82, 2.24) is 5.32 Å². The Morgan fingerprint density at radius 1 is 1.53 bits per heavy atom. The van der Waals surface area contributed by atoms with Gasteiger partial charge in [-0.05, 0) is 24.1 Å². The molecule has 1 heterocycles. The molecule has 2 N–H and O–H groups in total. The van der Waals surface area contributed by atoms with Crippen molar-refractivity contribution in [3.05, 3.63) is 29.8 Å². The van der Waals surface area contributed by atoms with Crippen molar-refractivity contribution in [3.8, 4) is 0 Å². The molecule has 5 heteroatoms. The third-order valence-electron chi connectivity index (χ3n) is 3.05. The summed E-state index contributed by atoms with van der Waals surface area (Å²) in [6.07, 6.45) is 1.43. The number of benzene rings is 1. The minimum Gasteiger partial charge on any atom is -0.378 e. The molecule has 106 valence electrons. The van der Waals surface area contributed by atoms with Crippen molar-refractivity contribution in [2.45, 2.75) is 25.8 Å². The SMILES string of the molecule is CCc1cccc(NC(=O)CC2COCCN2)c1.Cl. The molecule has 19 heavy (non-hydrogen) atoms. The molecule has 0 spiro atoms. The fourth-order valence-corrected chi connectivity index (χ4v) is 2.06. The first kappa shape index (κ1) is 16.0. The minimum absolute atomic E-state index is 0. The maximum absolute atomic E-state index is 11.9. The van der Waals surface area contributed by atoms with E-state index in [1.165, 1.54) is 5.56 Å². The number of ether oxygens (including phenoxy) is 1. The van der Waals surface area contributed by atoms with Crippen LogP contribution in [0.4, 0.5) is 5.69 Å². The predicted molar refractivity (Wildman–Crippen MR) is 78.9 cm³/mol. The van der Waals surface area contributed by atoms with Crippen LogP contribution in [0.1, 0.15) is 18.9 Å². The lowest BCUT2D eigenvalue weighted by molar-refractivity contribution is -0.117. The van der Waals surface area contributed by atoms with Gasteiger partial charge in [-0.1, -0.05) is 19.1 Å². The molecule has 4 nitrogen and oxygen atoms in total. The Kier molecular flexibility index (Phi) is 6.84. The zero-order chi connectivity index (χ0) is 12.8. The lowest BCUT2D eigenvalue weighted by atomic mass is 10.1. The number of hydrogen-bond acceptors (Lipinski definition) is 3. The molecule has 0 saturated carbocycles. The van der Waals surface area contributed by atoms with Crippen LogP contribution in [0.15, 0.2) is 24.3 Å². The van der Waals surface area contributed by atoms with Crippen LogP contribution in [0.2, 0.25) is 0 Å². The van der Waals surface area contributed by atoms with Crippen LogP contribution in [0.3, 0.4) is 0 Å². The molecule has 1 fully saturated rings. The number of nitrogens with one attached hydrogen (secondary N) is 2. The molecule has 0 aromatic heterocycles. The molecule has 1 amide bonds. The quantitative estimate of drug-likeness (QED) is 0.889. The van der Waals surface area contributed by atoms with E-state index in [9.17, 15) is 4.79 Å². The van der Waals surface area contributed by atoms with E-state index in [2.05, 4.69) is 23.6 Å². The maximum Gasteiger partial charge on any atom is 0.226 e. The average molecular weight is 285 g/mol. The molecule has 1 saturated heterocycles. The number of aryl methyl sites for hydroxylation is 1. The summed E-state index contributed by atoms with van der Waals surface area (Å²) in [5.74, 6) is 0.0336. The third-order valence-corrected chi connectivity index (χ3v) is 3.05. The van der Waals surface area contributed by atoms with Crippen LogP contribution >= 0.6 is 12.4 Å². The first-order valence-corrected chi connectivity index (χ1v) is 6.48. The lowest BCUT2D eigenvalue weighted by Crippen LogP contribution is -2.43. The number of morpholine rings is 1. The summed E-state index contributed by atoms with van der Waals surface area (Å²) in [5.41, 5.74) is 2.10. The Labute approximate surface area is 120 Å². The second-order valence-electron chi connectivity index (χ2n) is 4.53. The molecule has 1 atom stereocenters. The summed E-state index contributed by atoms with van der Waals surface area (Å²) >= 11 is 0. The van der Waals surface area contributed by atoms with Gasteiger partial charge in [-0.3, -0.25) is 4.79 Å². The third kappa shape index (κ3) is 5.19. The predicted octanol–water partition coefficient (Wildman–Crippen LogP) is 1.99. The Morgan fingerprint density at radius 2 is 2.37 bits per heavy atom. The van der Waals surface area contributed by atoms with Gasteiger partial charge < -0.3 is 15.4 Å². The molecular formula is C14H21ClN2O2. The topological polar surface area (TPSA) is 50.4 Å². The van der Waals surface area contributed by atoms with Crippen molar-refractivity contribution in [2.24, 2.45) is 0 Å². The molecular weight excluding hydrogens is 264 g/mol. The highest BCUT2D eigenvalue weighted by Gasteiger charge is 2.16. The number of amides is 1. The maximum atomic E-state index is 11.9. The second-order valence-corrected chi connectivity index (χ2v) is 4.53. The van der Waals surface area contributed by atoms with Crippen molar-refractivity contribution in [1.29, 1.82) is 0 Å². The number of carbonyl (C=O) groups is 1. The summed E-state index contributed by atoms with van der Waals surface area (Å²) in [6, 6.07) is 8.10. The number of rotatable bonds is 4. The summed E-state index contributed by atoms with van der Waals surface area (Å²) in [7, 11) is 0. The summed E-state index contributed by atoms with van der Waals surface area (Å²) in [6.45, 7) is 4.27. The molecule has 1 aliphatic heterocycles. The molecule has 0 bridgehead atoms. The number of anilines is 1. The van der Waals surface area contributed by atoms with E-state index in [-0.39, 0.29) is 24.4 Å². The van der Waals surface area contributed by atoms with Crippen molar-refractivity contribution in [3.63, 3.8) is 0 Å². The summed E-state index contributed by atoms with van der Waals surface area (Å²) in [5, 5.41) is 6.20. The standard InChI is InChI=1S/C14H20N2O2.ClH/c1-2-11-4-3-5-12(8-11)16-14(17)9-13-10-18-7-6-15-13;/h3-5,8,13,15H,2,6-7,9-10H2,1H3,(H,16,17);1H. The Morgan fingerprint density at radius 3 is 3.05 bits per heavy atom. The fourth-order valence-electron chi connectivity index (χ4n) is 2.06. The van der Waals surface area contributed by atoms with E-state index in [0.29, 0.717) is 13.0 Å². The van der Waals surface area contributed by atoms with E-state index in [1.54, 1.807) is 0 Å². The molecule has 1 aliphatic rings. The molecule has 0 radical (unpaired) electrons. The molecule has 2 rings (SSSR count). The minimum atomic E-state index is 0. The van der Waals surface area contributed by atoms with Crippen molar-refractivity contribution < 1.29 is 9.53 Å². The van der Waals surface area contributed by atoms with Crippen LogP contribution in [0.5, 0.6) is 0 Å². The number of hydrogen-bond donors (Lipinski definition) is 2. The van der Waals surface area contributed by atoms with Gasteiger partial charge in [-0.15, -0.1) is 12.4 Å². The van der Waals surface area contributed by atoms with Crippen LogP contribution in [-0.4, -0.2) is 31.7 Å². The van der Waals surface area contributed by atoms with Gasteiger partial charge in [0.2, 0.25) is 5.91 Å². The Balaban J connectivity index is 0.00000180. The van der Waals surface area contributed by atoms with Gasteiger partial charge >= 0.3 is 0 Å². The molecule has 1 unspecified atom stereocenters. The molecule has 1 aromatic rings. The highest BCUT2D eigenvalue weighted by atomic mass is 35.5. The monoisotopic (exact) mass is 284 g/mol. The van der Waals surface area contributed by atoms with Gasteiger partial charge in [-0.25, -0.2) is 0 Å². The van der Waals surface area contributed by atoms with Gasteiger partial charge in [0.1, 0.15) is 0 Å². The van der Waals surface area contributed by atoms with Gasteiger partial charge in [-0.2, -0.15) is 0 Å². The first-order chi connectivity index (χ1) is 8.78. The van der Waals surface area contributed by atoms with Gasteiger partial charge in [0.25, 0.3) is 0 Å². The van der Waals surface area contributed by atoms with E-state index in [1.807, 2.05) is 18.2 Å². The van der Waals surface area contributed by atoms with E-state index in [4.69, 9.17) is 4.74 Å². The summed E-state index contributed by atoms with van der Waals surface area (Å²) in [4.78, 5) is 11.9. The van der Waals surface area contributed by atoms with Gasteiger partial charge in [0.15, 0.2) is 0 Å². The van der Waals surface area contributed by atoms with Crippen LogP contribution in [0, 0.1) is 0 Å². The number of halogens is 1. The van der Waals surface area contributed by atoms with E-state index in [0.717, 1.165) is 25.3 Å². The Hall–Kier alpha value is -1.10. The zero-order valence-electron chi connectivity index (χ0n) is 11.1. The van der Waals surface area contributed by atoms with Crippen molar-refractivity contribution in [2.75, 3.05) is 25.1 Å². The highest BCUT2D eigenvalue weighted by molar-refractivity contribution is 5.91. The van der Waals surface area contributed by atoms with Crippen molar-refractivity contribution >= 4 is 24.0 Å². The van der Waals surface area contributed by atoms with Crippen LogP contribution in [-0.2, 0) is 16.0 Å². The smallest absolute Gasteiger partial charge is 0.226 e. The van der Waals surface area contributed by atoms with Crippen LogP contribution < -0.4 is 10.6 Å².